The van der Waals surface area contributed by atoms with Crippen molar-refractivity contribution in [2.45, 2.75) is 12.8 Å². The molecule has 9 heteroatoms. The van der Waals surface area contributed by atoms with Crippen LogP contribution >= 0.6 is 15.9 Å². The number of hydrogen-bond acceptors (Lipinski definition) is 5. The Morgan fingerprint density at radius 3 is 2.38 bits per heavy atom. The highest BCUT2D eigenvalue weighted by Crippen LogP contribution is 2.32. The third kappa shape index (κ3) is 3.03. The first-order chi connectivity index (χ1) is 12.3. The maximum atomic E-state index is 12.6. The molecule has 26 heavy (non-hydrogen) atoms. The average molecular weight is 423 g/mol. The van der Waals surface area contributed by atoms with Crippen LogP contribution in [0.5, 0.6) is 5.75 Å². The predicted molar refractivity (Wildman–Crippen MR) is 101 cm³/mol. The number of anilines is 2. The number of aromatic nitrogens is 2. The van der Waals surface area contributed by atoms with Crippen molar-refractivity contribution in [1.29, 1.82) is 0 Å². The molecule has 8 nitrogen and oxygen atoms in total. The van der Waals surface area contributed by atoms with E-state index in [-0.39, 0.29) is 33.1 Å². The van der Waals surface area contributed by atoms with Crippen LogP contribution in [-0.4, -0.2) is 38.4 Å². The third-order valence-corrected chi connectivity index (χ3v) is 5.31. The van der Waals surface area contributed by atoms with E-state index in [0.29, 0.717) is 13.1 Å². The zero-order valence-corrected chi connectivity index (χ0v) is 16.0. The smallest absolute Gasteiger partial charge is 0.289 e. The molecule has 0 atom stereocenters. The molecule has 2 heterocycles. The molecule has 0 spiro atoms. The Balaban J connectivity index is 2.02. The fraction of sp³-hybridized carbons (Fsp3) is 0.353. The highest BCUT2D eigenvalue weighted by molar-refractivity contribution is 9.10. The number of nitrogens with zero attached hydrogens (tertiary/aromatic N) is 3. The van der Waals surface area contributed by atoms with E-state index in [0.717, 1.165) is 17.5 Å². The molecule has 1 aromatic heterocycles. The van der Waals surface area contributed by atoms with Crippen LogP contribution in [0.1, 0.15) is 23.2 Å². The lowest BCUT2D eigenvalue weighted by molar-refractivity contribution is 0.0790. The molecule has 1 aliphatic heterocycles. The van der Waals surface area contributed by atoms with Crippen molar-refractivity contribution in [3.05, 3.63) is 48.9 Å². The summed E-state index contributed by atoms with van der Waals surface area (Å²) in [4.78, 5) is 38.9. The SMILES string of the molecule is Cn1c(=O)c(Br)c(Nc2cccc(C(=O)N3CCCC3)c2O)c(=O)n1C. The Kier molecular flexibility index (Phi) is 4.90. The van der Waals surface area contributed by atoms with Gasteiger partial charge in [-0.25, -0.2) is 9.36 Å². The molecule has 0 unspecified atom stereocenters. The topological polar surface area (TPSA) is 96.6 Å². The number of halogens is 1. The highest BCUT2D eigenvalue weighted by atomic mass is 79.9. The van der Waals surface area contributed by atoms with Crippen molar-refractivity contribution in [2.24, 2.45) is 14.1 Å². The molecule has 0 saturated carbocycles. The van der Waals surface area contributed by atoms with E-state index in [1.807, 2.05) is 0 Å². The number of para-hydroxylation sites is 1. The molecule has 1 fully saturated rings. The maximum absolute atomic E-state index is 12.6. The first-order valence-corrected chi connectivity index (χ1v) is 8.96. The molecule has 1 amide bonds. The van der Waals surface area contributed by atoms with Gasteiger partial charge in [-0.3, -0.25) is 14.4 Å². The molecule has 2 N–H and O–H groups in total. The van der Waals surface area contributed by atoms with Crippen molar-refractivity contribution in [3.8, 4) is 5.75 Å². The van der Waals surface area contributed by atoms with Crippen LogP contribution < -0.4 is 16.4 Å². The summed E-state index contributed by atoms with van der Waals surface area (Å²) in [5.74, 6) is -0.501. The zero-order chi connectivity index (χ0) is 19.0. The van der Waals surface area contributed by atoms with E-state index in [4.69, 9.17) is 0 Å². The number of rotatable bonds is 3. The van der Waals surface area contributed by atoms with Gasteiger partial charge in [0.25, 0.3) is 17.0 Å². The second-order valence-corrected chi connectivity index (χ2v) is 6.97. The van der Waals surface area contributed by atoms with Gasteiger partial charge in [0.05, 0.1) is 11.3 Å². The van der Waals surface area contributed by atoms with Gasteiger partial charge >= 0.3 is 0 Å². The summed E-state index contributed by atoms with van der Waals surface area (Å²) in [6, 6.07) is 4.70. The van der Waals surface area contributed by atoms with E-state index in [9.17, 15) is 19.5 Å². The summed E-state index contributed by atoms with van der Waals surface area (Å²) in [5, 5.41) is 13.3. The van der Waals surface area contributed by atoms with Crippen LogP contribution in [0.25, 0.3) is 0 Å². The fourth-order valence-electron chi connectivity index (χ4n) is 2.93. The molecule has 0 bridgehead atoms. The Labute approximate surface area is 157 Å². The van der Waals surface area contributed by atoms with Gasteiger partial charge in [-0.05, 0) is 40.9 Å². The number of amides is 1. The molecular weight excluding hydrogens is 404 g/mol. The molecule has 2 aromatic rings. The summed E-state index contributed by atoms with van der Waals surface area (Å²) in [6.45, 7) is 1.33. The summed E-state index contributed by atoms with van der Waals surface area (Å²) < 4.78 is 2.38. The number of phenolic OH excluding ortho intramolecular Hbond substituents is 1. The normalized spacial score (nSPS) is 13.9. The lowest BCUT2D eigenvalue weighted by Gasteiger charge is -2.18. The standard InChI is InChI=1S/C17H19BrN4O4/c1-20-16(25)12(18)13(17(26)21(20)2)19-11-7-5-6-10(14(11)23)15(24)22-8-3-4-9-22/h5-7,19,23H,3-4,8-9H2,1-2H3. The number of benzene rings is 1. The molecule has 1 aliphatic rings. The second-order valence-electron chi connectivity index (χ2n) is 6.17. The van der Waals surface area contributed by atoms with Crippen molar-refractivity contribution in [3.63, 3.8) is 0 Å². The van der Waals surface area contributed by atoms with E-state index in [2.05, 4.69) is 21.2 Å². The second kappa shape index (κ2) is 6.99. The summed E-state index contributed by atoms with van der Waals surface area (Å²) in [7, 11) is 2.94. The van der Waals surface area contributed by atoms with Crippen LogP contribution in [0.2, 0.25) is 0 Å². The summed E-state index contributed by atoms with van der Waals surface area (Å²) in [5.41, 5.74) is -0.514. The number of carbonyl (C=O) groups excluding carboxylic acids is 1. The van der Waals surface area contributed by atoms with E-state index < -0.39 is 11.1 Å². The first kappa shape index (κ1) is 18.2. The predicted octanol–water partition coefficient (Wildman–Crippen LogP) is 1.53. The first-order valence-electron chi connectivity index (χ1n) is 8.17. The van der Waals surface area contributed by atoms with Gasteiger partial charge in [0, 0.05) is 27.2 Å². The van der Waals surface area contributed by atoms with Gasteiger partial charge in [-0.2, -0.15) is 0 Å². The van der Waals surface area contributed by atoms with Crippen molar-refractivity contribution in [1.82, 2.24) is 14.3 Å². The largest absolute Gasteiger partial charge is 0.505 e. The van der Waals surface area contributed by atoms with E-state index in [1.165, 1.54) is 18.8 Å². The number of nitrogens with one attached hydrogen (secondary N) is 1. The lowest BCUT2D eigenvalue weighted by atomic mass is 10.1. The Morgan fingerprint density at radius 1 is 1.12 bits per heavy atom. The number of carbonyl (C=O) groups is 1. The Bertz CT molecular complexity index is 989. The number of hydrogen-bond donors (Lipinski definition) is 2. The highest BCUT2D eigenvalue weighted by Gasteiger charge is 2.24. The molecule has 1 saturated heterocycles. The van der Waals surface area contributed by atoms with Gasteiger partial charge in [-0.15, -0.1) is 0 Å². The summed E-state index contributed by atoms with van der Waals surface area (Å²) in [6.07, 6.45) is 1.89. The van der Waals surface area contributed by atoms with Crippen molar-refractivity contribution < 1.29 is 9.90 Å². The average Bonchev–Trinajstić information content (AvgIpc) is 3.17. The molecule has 1 aromatic carbocycles. The third-order valence-electron chi connectivity index (χ3n) is 4.58. The zero-order valence-electron chi connectivity index (χ0n) is 14.5. The van der Waals surface area contributed by atoms with E-state index in [1.54, 1.807) is 23.1 Å². The fourth-order valence-corrected chi connectivity index (χ4v) is 3.45. The van der Waals surface area contributed by atoms with Crippen LogP contribution in [0.3, 0.4) is 0 Å². The van der Waals surface area contributed by atoms with Crippen LogP contribution in [0.15, 0.2) is 32.3 Å². The Morgan fingerprint density at radius 2 is 1.73 bits per heavy atom. The number of likely N-dealkylation sites (tertiary alicyclic amines) is 1. The van der Waals surface area contributed by atoms with Crippen molar-refractivity contribution in [2.75, 3.05) is 18.4 Å². The minimum Gasteiger partial charge on any atom is -0.505 e. The van der Waals surface area contributed by atoms with Gasteiger partial charge < -0.3 is 15.3 Å². The molecule has 0 aliphatic carbocycles. The van der Waals surface area contributed by atoms with E-state index >= 15 is 0 Å². The Hall–Kier alpha value is -2.55. The summed E-state index contributed by atoms with van der Waals surface area (Å²) >= 11 is 3.13. The monoisotopic (exact) mass is 422 g/mol. The van der Waals surface area contributed by atoms with Crippen LogP contribution in [-0.2, 0) is 14.1 Å². The van der Waals surface area contributed by atoms with Crippen LogP contribution in [0, 0.1) is 0 Å². The number of aromatic hydroxyl groups is 1. The quantitative estimate of drug-likeness (QED) is 0.731. The van der Waals surface area contributed by atoms with Crippen LogP contribution in [0.4, 0.5) is 11.4 Å². The molecule has 3 rings (SSSR count). The van der Waals surface area contributed by atoms with Gasteiger partial charge in [0.15, 0.2) is 5.75 Å². The minimum absolute atomic E-state index is 0.00308. The van der Waals surface area contributed by atoms with Gasteiger partial charge in [0.1, 0.15) is 10.2 Å². The number of phenols is 1. The minimum atomic E-state index is -0.449. The molecular formula is C17H19BrN4O4. The molecule has 0 radical (unpaired) electrons. The van der Waals surface area contributed by atoms with Crippen molar-refractivity contribution >= 4 is 33.2 Å². The molecule has 138 valence electrons. The lowest BCUT2D eigenvalue weighted by Crippen LogP contribution is -2.36. The maximum Gasteiger partial charge on any atom is 0.289 e. The van der Waals surface area contributed by atoms with Gasteiger partial charge in [0.2, 0.25) is 0 Å². The van der Waals surface area contributed by atoms with Gasteiger partial charge in [-0.1, -0.05) is 6.07 Å².